The molecule has 0 aliphatic carbocycles. The number of benzene rings is 1. The number of carbonyl (C=O) groups excluding carboxylic acids is 2. The maximum atomic E-state index is 12.6. The van der Waals surface area contributed by atoms with Crippen LogP contribution in [0.2, 0.25) is 0 Å². The minimum Gasteiger partial charge on any atom is -0.369 e. The largest absolute Gasteiger partial charge is 0.369 e. The average molecular weight is 275 g/mol. The van der Waals surface area contributed by atoms with Crippen molar-refractivity contribution in [1.29, 1.82) is 0 Å². The Labute approximate surface area is 118 Å². The van der Waals surface area contributed by atoms with Crippen LogP contribution in [0.3, 0.4) is 0 Å². The molecule has 0 radical (unpaired) electrons. The summed E-state index contributed by atoms with van der Waals surface area (Å²) in [6.45, 7) is 1.35. The van der Waals surface area contributed by atoms with Gasteiger partial charge in [0, 0.05) is 19.6 Å². The zero-order valence-corrected chi connectivity index (χ0v) is 11.5. The molecule has 1 aliphatic rings. The zero-order chi connectivity index (χ0) is 14.5. The Morgan fingerprint density at radius 3 is 2.60 bits per heavy atom. The number of nitrogens with zero attached hydrogens (tertiary/aromatic N) is 1. The highest BCUT2D eigenvalue weighted by atomic mass is 16.2. The normalized spacial score (nSPS) is 20.4. The van der Waals surface area contributed by atoms with Crippen LogP contribution in [0.5, 0.6) is 0 Å². The van der Waals surface area contributed by atoms with E-state index >= 15 is 0 Å². The van der Waals surface area contributed by atoms with E-state index in [0.717, 1.165) is 18.4 Å². The van der Waals surface area contributed by atoms with Gasteiger partial charge >= 0.3 is 0 Å². The molecule has 1 fully saturated rings. The van der Waals surface area contributed by atoms with Crippen LogP contribution in [0.15, 0.2) is 30.3 Å². The molecule has 5 nitrogen and oxygen atoms in total. The second-order valence-corrected chi connectivity index (χ2v) is 5.22. The molecule has 2 rings (SSSR count). The molecule has 0 aromatic heterocycles. The van der Waals surface area contributed by atoms with Crippen molar-refractivity contribution in [3.8, 4) is 0 Å². The molecule has 0 spiro atoms. The van der Waals surface area contributed by atoms with Crippen molar-refractivity contribution in [2.75, 3.05) is 19.6 Å². The molecule has 20 heavy (non-hydrogen) atoms. The second-order valence-electron chi connectivity index (χ2n) is 5.22. The van der Waals surface area contributed by atoms with Gasteiger partial charge in [0.1, 0.15) is 0 Å². The summed E-state index contributed by atoms with van der Waals surface area (Å²) in [5.74, 6) is -0.916. The standard InChI is InChI=1S/C15H21N3O2/c16-9-13(11-5-2-1-3-6-11)15(20)18-8-4-7-12(10-18)14(17)19/h1-3,5-6,12-13H,4,7-10,16H2,(H2,17,19). The molecule has 1 aliphatic heterocycles. The van der Waals surface area contributed by atoms with Crippen LogP contribution in [-0.2, 0) is 9.59 Å². The third-order valence-corrected chi connectivity index (χ3v) is 3.87. The number of nitrogens with two attached hydrogens (primary N) is 2. The monoisotopic (exact) mass is 275 g/mol. The third-order valence-electron chi connectivity index (χ3n) is 3.87. The molecule has 108 valence electrons. The van der Waals surface area contributed by atoms with Gasteiger partial charge < -0.3 is 16.4 Å². The lowest BCUT2D eigenvalue weighted by Gasteiger charge is -2.33. The Morgan fingerprint density at radius 2 is 2.00 bits per heavy atom. The van der Waals surface area contributed by atoms with Gasteiger partial charge in [-0.2, -0.15) is 0 Å². The number of primary amides is 1. The number of carbonyl (C=O) groups is 2. The molecular weight excluding hydrogens is 254 g/mol. The molecule has 2 amide bonds. The molecule has 0 bridgehead atoms. The summed E-state index contributed by atoms with van der Waals surface area (Å²) in [7, 11) is 0. The van der Waals surface area contributed by atoms with Crippen molar-refractivity contribution in [3.05, 3.63) is 35.9 Å². The van der Waals surface area contributed by atoms with Gasteiger partial charge in [0.25, 0.3) is 0 Å². The predicted octanol–water partition coefficient (Wildman–Crippen LogP) is 0.453. The van der Waals surface area contributed by atoms with Crippen molar-refractivity contribution < 1.29 is 9.59 Å². The summed E-state index contributed by atoms with van der Waals surface area (Å²) in [5, 5.41) is 0. The van der Waals surface area contributed by atoms with Crippen LogP contribution in [0.4, 0.5) is 0 Å². The molecule has 1 aromatic carbocycles. The van der Waals surface area contributed by atoms with E-state index in [9.17, 15) is 9.59 Å². The van der Waals surface area contributed by atoms with E-state index < -0.39 is 0 Å². The molecule has 5 heteroatoms. The molecule has 1 aromatic rings. The fraction of sp³-hybridized carbons (Fsp3) is 0.467. The number of amides is 2. The molecular formula is C15H21N3O2. The summed E-state index contributed by atoms with van der Waals surface area (Å²) in [6.07, 6.45) is 1.57. The minimum atomic E-state index is -0.345. The number of hydrogen-bond acceptors (Lipinski definition) is 3. The Morgan fingerprint density at radius 1 is 1.30 bits per heavy atom. The van der Waals surface area contributed by atoms with Crippen LogP contribution < -0.4 is 11.5 Å². The molecule has 4 N–H and O–H groups in total. The van der Waals surface area contributed by atoms with E-state index in [0.29, 0.717) is 13.1 Å². The van der Waals surface area contributed by atoms with Crippen LogP contribution in [0, 0.1) is 5.92 Å². The van der Waals surface area contributed by atoms with E-state index in [-0.39, 0.29) is 30.2 Å². The van der Waals surface area contributed by atoms with Crippen molar-refractivity contribution in [3.63, 3.8) is 0 Å². The fourth-order valence-electron chi connectivity index (χ4n) is 2.69. The summed E-state index contributed by atoms with van der Waals surface area (Å²) >= 11 is 0. The zero-order valence-electron chi connectivity index (χ0n) is 11.5. The summed E-state index contributed by atoms with van der Waals surface area (Å²) in [6, 6.07) is 9.52. The summed E-state index contributed by atoms with van der Waals surface area (Å²) in [5.41, 5.74) is 12.0. The van der Waals surface area contributed by atoms with Crippen LogP contribution in [0.25, 0.3) is 0 Å². The molecule has 1 saturated heterocycles. The smallest absolute Gasteiger partial charge is 0.231 e. The van der Waals surface area contributed by atoms with Crippen LogP contribution >= 0.6 is 0 Å². The topological polar surface area (TPSA) is 89.4 Å². The van der Waals surface area contributed by atoms with Gasteiger partial charge in [0.2, 0.25) is 11.8 Å². The van der Waals surface area contributed by atoms with E-state index in [4.69, 9.17) is 11.5 Å². The fourth-order valence-corrected chi connectivity index (χ4v) is 2.69. The lowest BCUT2D eigenvalue weighted by Crippen LogP contribution is -2.46. The highest BCUT2D eigenvalue weighted by molar-refractivity contribution is 5.85. The number of hydrogen-bond donors (Lipinski definition) is 2. The van der Waals surface area contributed by atoms with E-state index in [1.807, 2.05) is 30.3 Å². The van der Waals surface area contributed by atoms with Crippen molar-refractivity contribution in [1.82, 2.24) is 4.90 Å². The SMILES string of the molecule is NCC(C(=O)N1CCCC(C(N)=O)C1)c1ccccc1. The maximum Gasteiger partial charge on any atom is 0.231 e. The van der Waals surface area contributed by atoms with Gasteiger partial charge in [0.15, 0.2) is 0 Å². The highest BCUT2D eigenvalue weighted by Crippen LogP contribution is 2.22. The Hall–Kier alpha value is -1.88. The predicted molar refractivity (Wildman–Crippen MR) is 76.7 cm³/mol. The van der Waals surface area contributed by atoms with Crippen LogP contribution in [0.1, 0.15) is 24.3 Å². The lowest BCUT2D eigenvalue weighted by molar-refractivity contribution is -0.136. The Kier molecular flexibility index (Phi) is 4.74. The summed E-state index contributed by atoms with van der Waals surface area (Å²) in [4.78, 5) is 25.6. The van der Waals surface area contributed by atoms with Gasteiger partial charge in [0.05, 0.1) is 11.8 Å². The number of likely N-dealkylation sites (tertiary alicyclic amines) is 1. The lowest BCUT2D eigenvalue weighted by atomic mass is 9.93. The number of rotatable bonds is 4. The molecule has 2 atom stereocenters. The first-order chi connectivity index (χ1) is 9.63. The Balaban J connectivity index is 2.11. The van der Waals surface area contributed by atoms with Crippen molar-refractivity contribution in [2.45, 2.75) is 18.8 Å². The van der Waals surface area contributed by atoms with E-state index in [1.54, 1.807) is 4.90 Å². The van der Waals surface area contributed by atoms with E-state index in [2.05, 4.69) is 0 Å². The van der Waals surface area contributed by atoms with Gasteiger partial charge in [-0.15, -0.1) is 0 Å². The molecule has 2 unspecified atom stereocenters. The number of piperidine rings is 1. The van der Waals surface area contributed by atoms with Gasteiger partial charge in [-0.3, -0.25) is 9.59 Å². The first-order valence-electron chi connectivity index (χ1n) is 6.96. The van der Waals surface area contributed by atoms with Gasteiger partial charge in [-0.05, 0) is 18.4 Å². The van der Waals surface area contributed by atoms with Crippen LogP contribution in [-0.4, -0.2) is 36.3 Å². The Bertz CT molecular complexity index is 475. The highest BCUT2D eigenvalue weighted by Gasteiger charge is 2.30. The third kappa shape index (κ3) is 3.17. The van der Waals surface area contributed by atoms with E-state index in [1.165, 1.54) is 0 Å². The van der Waals surface area contributed by atoms with Crippen molar-refractivity contribution >= 4 is 11.8 Å². The maximum absolute atomic E-state index is 12.6. The first kappa shape index (κ1) is 14.5. The first-order valence-corrected chi connectivity index (χ1v) is 6.96. The second kappa shape index (κ2) is 6.52. The molecule has 1 heterocycles. The van der Waals surface area contributed by atoms with Gasteiger partial charge in [-0.1, -0.05) is 30.3 Å². The average Bonchev–Trinajstić information content (AvgIpc) is 2.49. The quantitative estimate of drug-likeness (QED) is 0.836. The molecule has 0 saturated carbocycles. The summed E-state index contributed by atoms with van der Waals surface area (Å²) < 4.78 is 0. The van der Waals surface area contributed by atoms with Gasteiger partial charge in [-0.25, -0.2) is 0 Å². The van der Waals surface area contributed by atoms with Crippen molar-refractivity contribution in [2.24, 2.45) is 17.4 Å². The minimum absolute atomic E-state index is 0.00958.